The molecule has 1 aromatic carbocycles. The van der Waals surface area contributed by atoms with Gasteiger partial charge >= 0.3 is 5.97 Å². The van der Waals surface area contributed by atoms with E-state index in [0.717, 1.165) is 12.0 Å². The van der Waals surface area contributed by atoms with Crippen LogP contribution in [-0.4, -0.2) is 31.0 Å². The molecule has 0 aromatic heterocycles. The molecule has 1 N–H and O–H groups in total. The van der Waals surface area contributed by atoms with Gasteiger partial charge in [0.2, 0.25) is 0 Å². The molecule has 0 aliphatic carbocycles. The number of hydrogen-bond acceptors (Lipinski definition) is 3. The van der Waals surface area contributed by atoms with Crippen molar-refractivity contribution in [2.45, 2.75) is 19.3 Å². The van der Waals surface area contributed by atoms with Crippen LogP contribution < -0.4 is 0 Å². The Kier molecular flexibility index (Phi) is 3.71. The van der Waals surface area contributed by atoms with E-state index in [1.165, 1.54) is 0 Å². The van der Waals surface area contributed by atoms with Crippen LogP contribution in [0.1, 0.15) is 28.8 Å². The normalized spacial score (nSPS) is 22.6. The van der Waals surface area contributed by atoms with Crippen LogP contribution in [0.3, 0.4) is 0 Å². The van der Waals surface area contributed by atoms with Gasteiger partial charge in [-0.2, -0.15) is 0 Å². The molecule has 1 heterocycles. The monoisotopic (exact) mass is 268 g/mol. The first-order chi connectivity index (χ1) is 8.46. The van der Waals surface area contributed by atoms with Gasteiger partial charge in [0.05, 0.1) is 17.1 Å². The number of benzene rings is 1. The summed E-state index contributed by atoms with van der Waals surface area (Å²) in [6.45, 7) is 0. The number of aromatic carboxylic acids is 1. The third kappa shape index (κ3) is 3.32. The molecule has 18 heavy (non-hydrogen) atoms. The van der Waals surface area contributed by atoms with Crippen molar-refractivity contribution in [2.24, 2.45) is 5.92 Å². The Morgan fingerprint density at radius 3 is 2.83 bits per heavy atom. The fourth-order valence-electron chi connectivity index (χ4n) is 2.44. The number of sulfone groups is 1. The second-order valence-electron chi connectivity index (χ2n) is 4.83. The van der Waals surface area contributed by atoms with Gasteiger partial charge in [0.1, 0.15) is 0 Å². The van der Waals surface area contributed by atoms with Gasteiger partial charge in [0.25, 0.3) is 0 Å². The first-order valence-corrected chi connectivity index (χ1v) is 7.81. The van der Waals surface area contributed by atoms with Gasteiger partial charge in [-0.05, 0) is 42.9 Å². The summed E-state index contributed by atoms with van der Waals surface area (Å²) in [6, 6.07) is 6.73. The molecular formula is C13H16O4S. The lowest BCUT2D eigenvalue weighted by molar-refractivity contribution is 0.0696. The van der Waals surface area contributed by atoms with Gasteiger partial charge < -0.3 is 5.11 Å². The van der Waals surface area contributed by atoms with Crippen molar-refractivity contribution < 1.29 is 18.3 Å². The SMILES string of the molecule is O=C(O)c1cccc(CC2CCCS(=O)(=O)C2)c1. The lowest BCUT2D eigenvalue weighted by Gasteiger charge is -2.21. The second kappa shape index (κ2) is 5.10. The number of carboxylic acids is 1. The number of hydrogen-bond donors (Lipinski definition) is 1. The summed E-state index contributed by atoms with van der Waals surface area (Å²) in [6.07, 6.45) is 2.25. The summed E-state index contributed by atoms with van der Waals surface area (Å²) in [7, 11) is -2.89. The summed E-state index contributed by atoms with van der Waals surface area (Å²) in [5.74, 6) is -0.316. The highest BCUT2D eigenvalue weighted by Crippen LogP contribution is 2.22. The van der Waals surface area contributed by atoms with Gasteiger partial charge in [-0.1, -0.05) is 12.1 Å². The van der Waals surface area contributed by atoms with Crippen molar-refractivity contribution in [3.05, 3.63) is 35.4 Å². The minimum atomic E-state index is -2.89. The fourth-order valence-corrected chi connectivity index (χ4v) is 4.22. The zero-order chi connectivity index (χ0) is 13.2. The van der Waals surface area contributed by atoms with Gasteiger partial charge in [0.15, 0.2) is 9.84 Å². The van der Waals surface area contributed by atoms with E-state index in [2.05, 4.69) is 0 Å². The first-order valence-electron chi connectivity index (χ1n) is 5.99. The molecule has 0 amide bonds. The van der Waals surface area contributed by atoms with E-state index in [1.807, 2.05) is 6.07 Å². The topological polar surface area (TPSA) is 71.4 Å². The third-order valence-corrected chi connectivity index (χ3v) is 5.15. The Morgan fingerprint density at radius 2 is 2.17 bits per heavy atom. The van der Waals surface area contributed by atoms with E-state index in [4.69, 9.17) is 5.11 Å². The van der Waals surface area contributed by atoms with E-state index in [-0.39, 0.29) is 17.2 Å². The highest BCUT2D eigenvalue weighted by Gasteiger charge is 2.24. The van der Waals surface area contributed by atoms with E-state index < -0.39 is 15.8 Å². The van der Waals surface area contributed by atoms with Gasteiger partial charge in [0, 0.05) is 0 Å². The van der Waals surface area contributed by atoms with Crippen molar-refractivity contribution in [3.8, 4) is 0 Å². The van der Waals surface area contributed by atoms with Crippen LogP contribution in [0.15, 0.2) is 24.3 Å². The molecule has 0 saturated carbocycles. The second-order valence-corrected chi connectivity index (χ2v) is 7.06. The van der Waals surface area contributed by atoms with Gasteiger partial charge in [-0.25, -0.2) is 13.2 Å². The molecule has 5 heteroatoms. The zero-order valence-corrected chi connectivity index (χ0v) is 10.8. The summed E-state index contributed by atoms with van der Waals surface area (Å²) in [5, 5.41) is 8.90. The molecule has 98 valence electrons. The van der Waals surface area contributed by atoms with Crippen molar-refractivity contribution in [1.82, 2.24) is 0 Å². The molecule has 4 nitrogen and oxygen atoms in total. The number of carboxylic acid groups (broad SMARTS) is 1. The molecule has 0 spiro atoms. The molecule has 0 bridgehead atoms. The maximum absolute atomic E-state index is 11.5. The predicted molar refractivity (Wildman–Crippen MR) is 68.5 cm³/mol. The average molecular weight is 268 g/mol. The summed E-state index contributed by atoms with van der Waals surface area (Å²) >= 11 is 0. The third-order valence-electron chi connectivity index (χ3n) is 3.26. The Hall–Kier alpha value is -1.36. The smallest absolute Gasteiger partial charge is 0.335 e. The Labute approximate surface area is 107 Å². The Bertz CT molecular complexity index is 548. The van der Waals surface area contributed by atoms with Gasteiger partial charge in [-0.3, -0.25) is 0 Å². The van der Waals surface area contributed by atoms with E-state index in [9.17, 15) is 13.2 Å². The minimum absolute atomic E-state index is 0.118. The Morgan fingerprint density at radius 1 is 1.39 bits per heavy atom. The highest BCUT2D eigenvalue weighted by molar-refractivity contribution is 7.91. The molecular weight excluding hydrogens is 252 g/mol. The largest absolute Gasteiger partial charge is 0.478 e. The van der Waals surface area contributed by atoms with Crippen molar-refractivity contribution in [3.63, 3.8) is 0 Å². The van der Waals surface area contributed by atoms with Crippen LogP contribution in [0.4, 0.5) is 0 Å². The van der Waals surface area contributed by atoms with Crippen LogP contribution in [-0.2, 0) is 16.3 Å². The standard InChI is InChI=1S/C13H16O4S/c14-13(15)12-5-1-3-10(8-12)7-11-4-2-6-18(16,17)9-11/h1,3,5,8,11H,2,4,6-7,9H2,(H,14,15). The maximum atomic E-state index is 11.5. The van der Waals surface area contributed by atoms with Crippen molar-refractivity contribution in [1.29, 1.82) is 0 Å². The molecule has 1 fully saturated rings. The highest BCUT2D eigenvalue weighted by atomic mass is 32.2. The fraction of sp³-hybridized carbons (Fsp3) is 0.462. The quantitative estimate of drug-likeness (QED) is 0.906. The zero-order valence-electron chi connectivity index (χ0n) is 10.0. The summed E-state index contributed by atoms with van der Waals surface area (Å²) < 4.78 is 23.1. The van der Waals surface area contributed by atoms with Crippen molar-refractivity contribution >= 4 is 15.8 Å². The lowest BCUT2D eigenvalue weighted by Crippen LogP contribution is -2.26. The summed E-state index contributed by atoms with van der Waals surface area (Å²) in [5.41, 5.74) is 1.16. The van der Waals surface area contributed by atoms with E-state index in [1.54, 1.807) is 18.2 Å². The van der Waals surface area contributed by atoms with Crippen LogP contribution in [0.25, 0.3) is 0 Å². The van der Waals surface area contributed by atoms with Crippen LogP contribution >= 0.6 is 0 Å². The summed E-state index contributed by atoms with van der Waals surface area (Å²) in [4.78, 5) is 10.9. The number of carbonyl (C=O) groups is 1. The molecule has 1 aliphatic rings. The molecule has 1 atom stereocenters. The van der Waals surface area contributed by atoms with Gasteiger partial charge in [-0.15, -0.1) is 0 Å². The molecule has 1 saturated heterocycles. The molecule has 0 radical (unpaired) electrons. The maximum Gasteiger partial charge on any atom is 0.335 e. The lowest BCUT2D eigenvalue weighted by atomic mass is 9.95. The van der Waals surface area contributed by atoms with Crippen LogP contribution in [0.5, 0.6) is 0 Å². The molecule has 1 aromatic rings. The molecule has 1 aliphatic heterocycles. The average Bonchev–Trinajstić information content (AvgIpc) is 2.28. The number of rotatable bonds is 3. The first kappa shape index (κ1) is 13.1. The molecule has 1 unspecified atom stereocenters. The van der Waals surface area contributed by atoms with E-state index in [0.29, 0.717) is 18.6 Å². The predicted octanol–water partition coefficient (Wildman–Crippen LogP) is 1.75. The van der Waals surface area contributed by atoms with Crippen molar-refractivity contribution in [2.75, 3.05) is 11.5 Å². The van der Waals surface area contributed by atoms with Crippen LogP contribution in [0.2, 0.25) is 0 Å². The molecule has 2 rings (SSSR count). The van der Waals surface area contributed by atoms with Crippen LogP contribution in [0, 0.1) is 5.92 Å². The minimum Gasteiger partial charge on any atom is -0.478 e. The van der Waals surface area contributed by atoms with E-state index >= 15 is 0 Å². The Balaban J connectivity index is 2.09.